The minimum atomic E-state index is -0.749. The second-order valence-electron chi connectivity index (χ2n) is 10.00. The highest BCUT2D eigenvalue weighted by Gasteiger charge is 2.35. The third kappa shape index (κ3) is 5.17. The maximum Gasteiger partial charge on any atom is 0.271 e. The number of rotatable bonds is 8. The van der Waals surface area contributed by atoms with E-state index < -0.39 is 11.0 Å². The molecule has 0 spiro atoms. The summed E-state index contributed by atoms with van der Waals surface area (Å²) >= 11 is 1.21. The van der Waals surface area contributed by atoms with Crippen molar-refractivity contribution in [3.8, 4) is 5.75 Å². The Kier molecular flexibility index (Phi) is 8.07. The van der Waals surface area contributed by atoms with Crippen LogP contribution in [0.4, 0.5) is 11.4 Å². The monoisotopic (exact) mass is 575 g/mol. The molecule has 5 rings (SSSR count). The van der Waals surface area contributed by atoms with Crippen LogP contribution in [-0.2, 0) is 4.79 Å². The van der Waals surface area contributed by atoms with Crippen molar-refractivity contribution in [1.29, 1.82) is 0 Å². The Morgan fingerprint density at radius 1 is 1.20 bits per heavy atom. The SMILES string of the molecule is CCN(CC)C(=O)C1=C(C)N=c2s/c(=C\c3cc([N+](=O)[O-])ccc3N3CCCC3)c(=O)n2[C@@H]1c1ccccc1OC. The molecule has 1 fully saturated rings. The van der Waals surface area contributed by atoms with Crippen LogP contribution in [0.2, 0.25) is 0 Å². The highest BCUT2D eigenvalue weighted by molar-refractivity contribution is 7.07. The van der Waals surface area contributed by atoms with E-state index in [2.05, 4.69) is 4.90 Å². The zero-order valence-corrected chi connectivity index (χ0v) is 24.4. The Balaban J connectivity index is 1.75. The van der Waals surface area contributed by atoms with E-state index in [1.165, 1.54) is 23.5 Å². The number of aromatic nitrogens is 1. The fraction of sp³-hybridized carbons (Fsp3) is 0.367. The molecule has 11 heteroatoms. The van der Waals surface area contributed by atoms with Crippen molar-refractivity contribution in [2.75, 3.05) is 38.2 Å². The highest BCUT2D eigenvalue weighted by atomic mass is 32.1. The summed E-state index contributed by atoms with van der Waals surface area (Å²) in [5.74, 6) is 0.373. The normalized spacial score (nSPS) is 16.9. The first-order chi connectivity index (χ1) is 19.8. The number of nitrogens with zero attached hydrogens (tertiary/aromatic N) is 5. The third-order valence-electron chi connectivity index (χ3n) is 7.69. The molecule has 2 aliphatic heterocycles. The number of para-hydroxylation sites is 1. The number of allylic oxidation sites excluding steroid dienone is 1. The van der Waals surface area contributed by atoms with Gasteiger partial charge in [0, 0.05) is 55.1 Å². The summed E-state index contributed by atoms with van der Waals surface area (Å²) in [7, 11) is 1.56. The zero-order valence-electron chi connectivity index (χ0n) is 23.6. The van der Waals surface area contributed by atoms with E-state index in [4.69, 9.17) is 9.73 Å². The molecule has 3 aromatic rings. The van der Waals surface area contributed by atoms with Crippen molar-refractivity contribution >= 4 is 34.7 Å². The molecular formula is C30H33N5O5S. The third-order valence-corrected chi connectivity index (χ3v) is 8.67. The number of thiazole rings is 1. The number of methoxy groups -OCH3 is 1. The number of anilines is 1. The van der Waals surface area contributed by atoms with Gasteiger partial charge in [0.25, 0.3) is 17.2 Å². The van der Waals surface area contributed by atoms with Gasteiger partial charge in [-0.3, -0.25) is 24.3 Å². The van der Waals surface area contributed by atoms with E-state index in [0.29, 0.717) is 50.6 Å². The number of hydrogen-bond acceptors (Lipinski definition) is 8. The van der Waals surface area contributed by atoms with Crippen molar-refractivity contribution in [2.24, 2.45) is 4.99 Å². The quantitative estimate of drug-likeness (QED) is 0.300. The van der Waals surface area contributed by atoms with Gasteiger partial charge in [0.2, 0.25) is 0 Å². The van der Waals surface area contributed by atoms with Gasteiger partial charge in [0.15, 0.2) is 4.80 Å². The molecule has 214 valence electrons. The number of nitro groups is 1. The number of benzene rings is 2. The molecule has 1 saturated heterocycles. The van der Waals surface area contributed by atoms with Gasteiger partial charge >= 0.3 is 0 Å². The number of carbonyl (C=O) groups excluding carboxylic acids is 1. The van der Waals surface area contributed by atoms with E-state index in [1.54, 1.807) is 35.6 Å². The minimum absolute atomic E-state index is 0.0400. The minimum Gasteiger partial charge on any atom is -0.496 e. The predicted octanol–water partition coefficient (Wildman–Crippen LogP) is 3.62. The fourth-order valence-corrected chi connectivity index (χ4v) is 6.66. The summed E-state index contributed by atoms with van der Waals surface area (Å²) in [6.07, 6.45) is 3.80. The predicted molar refractivity (Wildman–Crippen MR) is 159 cm³/mol. The lowest BCUT2D eigenvalue weighted by molar-refractivity contribution is -0.384. The molecule has 1 aromatic heterocycles. The van der Waals surface area contributed by atoms with Crippen molar-refractivity contribution in [1.82, 2.24) is 9.47 Å². The average molecular weight is 576 g/mol. The van der Waals surface area contributed by atoms with Crippen LogP contribution >= 0.6 is 11.3 Å². The summed E-state index contributed by atoms with van der Waals surface area (Å²) in [4.78, 5) is 48.3. The fourth-order valence-electron chi connectivity index (χ4n) is 5.62. The molecule has 1 amide bonds. The standard InChI is InChI=1S/C30H33N5O5S/c1-5-32(6-2)29(37)26-19(3)31-30-34(27(26)22-11-7-8-12-24(22)40-4)28(36)25(41-30)18-20-17-21(35(38)39)13-14-23(20)33-15-9-10-16-33/h7-8,11-14,17-18,27H,5-6,9-10,15-16H2,1-4H3/b25-18-/t27-/m1/s1. The van der Waals surface area contributed by atoms with E-state index in [0.717, 1.165) is 31.6 Å². The molecule has 2 aliphatic rings. The molecular weight excluding hydrogens is 542 g/mol. The van der Waals surface area contributed by atoms with Gasteiger partial charge in [-0.25, -0.2) is 4.99 Å². The second-order valence-corrected chi connectivity index (χ2v) is 11.0. The van der Waals surface area contributed by atoms with Crippen LogP contribution in [0.1, 0.15) is 50.8 Å². The molecule has 10 nitrogen and oxygen atoms in total. The number of non-ortho nitro benzene ring substituents is 1. The van der Waals surface area contributed by atoms with Gasteiger partial charge in [-0.15, -0.1) is 0 Å². The first kappa shape index (κ1) is 28.3. The lowest BCUT2D eigenvalue weighted by Crippen LogP contribution is -2.43. The number of amides is 1. The molecule has 0 N–H and O–H groups in total. The van der Waals surface area contributed by atoms with Crippen LogP contribution in [0.3, 0.4) is 0 Å². The number of likely N-dealkylation sites (N-methyl/N-ethyl adjacent to an activating group) is 1. The molecule has 41 heavy (non-hydrogen) atoms. The van der Waals surface area contributed by atoms with E-state index >= 15 is 0 Å². The second kappa shape index (κ2) is 11.7. The van der Waals surface area contributed by atoms with E-state index in [1.807, 2.05) is 38.1 Å². The summed E-state index contributed by atoms with van der Waals surface area (Å²) < 4.78 is 7.62. The van der Waals surface area contributed by atoms with Crippen LogP contribution < -0.4 is 24.5 Å². The lowest BCUT2D eigenvalue weighted by Gasteiger charge is -2.29. The van der Waals surface area contributed by atoms with Gasteiger partial charge in [-0.1, -0.05) is 29.5 Å². The Morgan fingerprint density at radius 2 is 1.90 bits per heavy atom. The Morgan fingerprint density at radius 3 is 2.56 bits per heavy atom. The van der Waals surface area contributed by atoms with Gasteiger partial charge in [0.1, 0.15) is 11.8 Å². The number of hydrogen-bond donors (Lipinski definition) is 0. The van der Waals surface area contributed by atoms with Gasteiger partial charge in [-0.05, 0) is 51.8 Å². The van der Waals surface area contributed by atoms with E-state index in [-0.39, 0.29) is 17.2 Å². The maximum absolute atomic E-state index is 14.2. The molecule has 0 saturated carbocycles. The van der Waals surface area contributed by atoms with Crippen molar-refractivity contribution in [3.63, 3.8) is 0 Å². The van der Waals surface area contributed by atoms with Crippen LogP contribution in [0, 0.1) is 10.1 Å². The Bertz CT molecular complexity index is 1710. The van der Waals surface area contributed by atoms with Gasteiger partial charge in [0.05, 0.1) is 27.8 Å². The summed E-state index contributed by atoms with van der Waals surface area (Å²) in [5.41, 5.74) is 2.75. The number of carbonyl (C=O) groups is 1. The number of nitro benzene ring substituents is 1. The first-order valence-electron chi connectivity index (χ1n) is 13.8. The summed E-state index contributed by atoms with van der Waals surface area (Å²) in [6, 6.07) is 11.4. The zero-order chi connectivity index (χ0) is 29.3. The van der Waals surface area contributed by atoms with Crippen LogP contribution in [0.25, 0.3) is 6.08 Å². The van der Waals surface area contributed by atoms with Crippen molar-refractivity contribution in [3.05, 3.63) is 94.7 Å². The smallest absolute Gasteiger partial charge is 0.271 e. The summed E-state index contributed by atoms with van der Waals surface area (Å²) in [5, 5.41) is 11.6. The van der Waals surface area contributed by atoms with Crippen LogP contribution in [0.15, 0.2) is 63.5 Å². The van der Waals surface area contributed by atoms with Gasteiger partial charge < -0.3 is 14.5 Å². The highest BCUT2D eigenvalue weighted by Crippen LogP contribution is 2.36. The largest absolute Gasteiger partial charge is 0.496 e. The molecule has 2 aromatic carbocycles. The van der Waals surface area contributed by atoms with Crippen LogP contribution in [0.5, 0.6) is 5.75 Å². The molecule has 0 radical (unpaired) electrons. The lowest BCUT2D eigenvalue weighted by atomic mass is 9.94. The van der Waals surface area contributed by atoms with E-state index in [9.17, 15) is 19.7 Å². The molecule has 0 bridgehead atoms. The average Bonchev–Trinajstić information content (AvgIpc) is 3.61. The van der Waals surface area contributed by atoms with Crippen molar-refractivity contribution < 1.29 is 14.5 Å². The Hall–Kier alpha value is -4.25. The summed E-state index contributed by atoms with van der Waals surface area (Å²) in [6.45, 7) is 8.36. The molecule has 0 unspecified atom stereocenters. The number of ether oxygens (including phenoxy) is 1. The molecule has 0 aliphatic carbocycles. The van der Waals surface area contributed by atoms with Gasteiger partial charge in [-0.2, -0.15) is 0 Å². The topological polar surface area (TPSA) is 110 Å². The van der Waals surface area contributed by atoms with Crippen LogP contribution in [-0.4, -0.2) is 53.6 Å². The maximum atomic E-state index is 14.2. The first-order valence-corrected chi connectivity index (χ1v) is 14.6. The molecule has 1 atom stereocenters. The number of fused-ring (bicyclic) bond motifs is 1. The Labute approximate surface area is 241 Å². The molecule has 3 heterocycles. The van der Waals surface area contributed by atoms with Crippen molar-refractivity contribution in [2.45, 2.75) is 39.7 Å².